The van der Waals surface area contributed by atoms with Gasteiger partial charge in [0.2, 0.25) is 10.0 Å². The Morgan fingerprint density at radius 3 is 2.50 bits per heavy atom. The number of carbonyl (C=O) groups is 1. The van der Waals surface area contributed by atoms with Gasteiger partial charge in [-0.3, -0.25) is 4.79 Å². The standard InChI is InChI=1S/C18H21N5O3S2/c1-12-11-15(14(3)27-12)28(25,26)22-9-7-21(8-10-22)18(24)16-13(2)20-23-6-4-5-19-17(16)23/h4-6,11H,7-10H2,1-3H3. The zero-order valence-electron chi connectivity index (χ0n) is 15.9. The van der Waals surface area contributed by atoms with Crippen molar-refractivity contribution in [1.82, 2.24) is 23.8 Å². The zero-order valence-corrected chi connectivity index (χ0v) is 17.5. The van der Waals surface area contributed by atoms with Crippen LogP contribution in [0, 0.1) is 20.8 Å². The fraction of sp³-hybridized carbons (Fsp3) is 0.389. The van der Waals surface area contributed by atoms with Gasteiger partial charge < -0.3 is 4.90 Å². The lowest BCUT2D eigenvalue weighted by atomic mass is 10.2. The first kappa shape index (κ1) is 19.0. The Kier molecular flexibility index (Phi) is 4.72. The summed E-state index contributed by atoms with van der Waals surface area (Å²) in [6.45, 7) is 6.73. The van der Waals surface area contributed by atoms with Crippen LogP contribution in [0.5, 0.6) is 0 Å². The second-order valence-electron chi connectivity index (χ2n) is 6.82. The van der Waals surface area contributed by atoms with Crippen LogP contribution in [0.25, 0.3) is 5.65 Å². The van der Waals surface area contributed by atoms with Crippen molar-refractivity contribution >= 4 is 32.9 Å². The fourth-order valence-corrected chi connectivity index (χ4v) is 6.49. The summed E-state index contributed by atoms with van der Waals surface area (Å²) in [5.41, 5.74) is 1.61. The number of piperazine rings is 1. The lowest BCUT2D eigenvalue weighted by Crippen LogP contribution is -2.50. The number of nitrogens with zero attached hydrogens (tertiary/aromatic N) is 5. The van der Waals surface area contributed by atoms with E-state index in [9.17, 15) is 13.2 Å². The molecule has 148 valence electrons. The van der Waals surface area contributed by atoms with Gasteiger partial charge in [-0.05, 0) is 32.9 Å². The minimum Gasteiger partial charge on any atom is -0.336 e. The van der Waals surface area contributed by atoms with Crippen molar-refractivity contribution in [3.8, 4) is 0 Å². The molecule has 0 atom stereocenters. The van der Waals surface area contributed by atoms with Crippen LogP contribution >= 0.6 is 11.3 Å². The molecule has 0 unspecified atom stereocenters. The molecular weight excluding hydrogens is 398 g/mol. The van der Waals surface area contributed by atoms with Crippen molar-refractivity contribution in [3.63, 3.8) is 0 Å². The van der Waals surface area contributed by atoms with Crippen LogP contribution in [0.3, 0.4) is 0 Å². The van der Waals surface area contributed by atoms with Crippen molar-refractivity contribution in [1.29, 1.82) is 0 Å². The molecule has 1 amide bonds. The smallest absolute Gasteiger partial charge is 0.259 e. The molecule has 3 aromatic heterocycles. The van der Waals surface area contributed by atoms with E-state index in [2.05, 4.69) is 10.1 Å². The first-order chi connectivity index (χ1) is 13.3. The maximum atomic E-state index is 13.0. The van der Waals surface area contributed by atoms with Crippen LogP contribution < -0.4 is 0 Å². The van der Waals surface area contributed by atoms with Crippen LogP contribution in [-0.4, -0.2) is 64.3 Å². The van der Waals surface area contributed by atoms with Gasteiger partial charge in [0.1, 0.15) is 5.56 Å². The maximum Gasteiger partial charge on any atom is 0.259 e. The molecule has 0 N–H and O–H groups in total. The summed E-state index contributed by atoms with van der Waals surface area (Å²) in [5, 5.41) is 4.34. The molecule has 0 aliphatic carbocycles. The van der Waals surface area contributed by atoms with Crippen LogP contribution in [0.15, 0.2) is 29.4 Å². The second-order valence-corrected chi connectivity index (χ2v) is 10.2. The van der Waals surface area contributed by atoms with E-state index in [1.165, 1.54) is 15.6 Å². The molecule has 0 spiro atoms. The molecule has 0 aromatic carbocycles. The fourth-order valence-electron chi connectivity index (χ4n) is 3.54. The highest BCUT2D eigenvalue weighted by Crippen LogP contribution is 2.28. The third-order valence-electron chi connectivity index (χ3n) is 4.92. The van der Waals surface area contributed by atoms with Gasteiger partial charge in [-0.15, -0.1) is 11.3 Å². The number of hydrogen-bond donors (Lipinski definition) is 0. The summed E-state index contributed by atoms with van der Waals surface area (Å²) in [5.74, 6) is -0.161. The second kappa shape index (κ2) is 6.94. The van der Waals surface area contributed by atoms with Crippen LogP contribution in [0.1, 0.15) is 25.8 Å². The van der Waals surface area contributed by atoms with E-state index >= 15 is 0 Å². The maximum absolute atomic E-state index is 13.0. The Bertz CT molecular complexity index is 1160. The number of hydrogen-bond acceptors (Lipinski definition) is 6. The summed E-state index contributed by atoms with van der Waals surface area (Å²) in [7, 11) is -3.54. The van der Waals surface area contributed by atoms with E-state index in [0.29, 0.717) is 34.9 Å². The Morgan fingerprint density at radius 1 is 1.14 bits per heavy atom. The number of carbonyl (C=O) groups excluding carboxylic acids is 1. The minimum atomic E-state index is -3.54. The van der Waals surface area contributed by atoms with Gasteiger partial charge in [0.05, 0.1) is 10.6 Å². The largest absolute Gasteiger partial charge is 0.336 e. The minimum absolute atomic E-state index is 0.161. The van der Waals surface area contributed by atoms with Gasteiger partial charge in [0, 0.05) is 48.3 Å². The lowest BCUT2D eigenvalue weighted by molar-refractivity contribution is 0.0699. The highest BCUT2D eigenvalue weighted by Gasteiger charge is 2.33. The Labute approximate surface area is 167 Å². The molecule has 0 bridgehead atoms. The number of fused-ring (bicyclic) bond motifs is 1. The van der Waals surface area contributed by atoms with Gasteiger partial charge >= 0.3 is 0 Å². The van der Waals surface area contributed by atoms with Gasteiger partial charge in [-0.1, -0.05) is 0 Å². The quantitative estimate of drug-likeness (QED) is 0.647. The first-order valence-corrected chi connectivity index (χ1v) is 11.2. The predicted molar refractivity (Wildman–Crippen MR) is 106 cm³/mol. The summed E-state index contributed by atoms with van der Waals surface area (Å²) < 4.78 is 29.0. The third kappa shape index (κ3) is 3.11. The van der Waals surface area contributed by atoms with Crippen molar-refractivity contribution in [3.05, 3.63) is 45.5 Å². The van der Waals surface area contributed by atoms with Gasteiger partial charge in [-0.2, -0.15) is 9.40 Å². The van der Waals surface area contributed by atoms with Crippen LogP contribution in [0.2, 0.25) is 0 Å². The van der Waals surface area contributed by atoms with Crippen LogP contribution in [0.4, 0.5) is 0 Å². The summed E-state index contributed by atoms with van der Waals surface area (Å²) in [6, 6.07) is 3.48. The summed E-state index contributed by atoms with van der Waals surface area (Å²) in [6.07, 6.45) is 3.38. The SMILES string of the molecule is Cc1cc(S(=O)(=O)N2CCN(C(=O)c3c(C)nn4cccnc34)CC2)c(C)s1. The molecule has 1 fully saturated rings. The van der Waals surface area contributed by atoms with Crippen molar-refractivity contribution < 1.29 is 13.2 Å². The van der Waals surface area contributed by atoms with Crippen molar-refractivity contribution in [2.75, 3.05) is 26.2 Å². The molecule has 0 saturated carbocycles. The monoisotopic (exact) mass is 419 g/mol. The number of aromatic nitrogens is 3. The summed E-state index contributed by atoms with van der Waals surface area (Å²) in [4.78, 5) is 21.1. The number of sulfonamides is 1. The molecular formula is C18H21N5O3S2. The van der Waals surface area contributed by atoms with E-state index < -0.39 is 10.0 Å². The molecule has 0 radical (unpaired) electrons. The van der Waals surface area contributed by atoms with E-state index in [-0.39, 0.29) is 19.0 Å². The molecule has 28 heavy (non-hydrogen) atoms. The third-order valence-corrected chi connectivity index (χ3v) is 8.04. The topological polar surface area (TPSA) is 87.9 Å². The molecule has 1 aliphatic heterocycles. The lowest BCUT2D eigenvalue weighted by Gasteiger charge is -2.33. The van der Waals surface area contributed by atoms with E-state index in [4.69, 9.17) is 0 Å². The molecule has 1 saturated heterocycles. The first-order valence-electron chi connectivity index (χ1n) is 8.95. The molecule has 4 heterocycles. The summed E-state index contributed by atoms with van der Waals surface area (Å²) >= 11 is 1.48. The molecule has 3 aromatic rings. The number of aryl methyl sites for hydroxylation is 3. The number of rotatable bonds is 3. The van der Waals surface area contributed by atoms with Gasteiger partial charge in [-0.25, -0.2) is 17.9 Å². The van der Waals surface area contributed by atoms with E-state index in [0.717, 1.165) is 9.75 Å². The number of thiophene rings is 1. The average Bonchev–Trinajstić information content (AvgIpc) is 3.19. The van der Waals surface area contributed by atoms with Crippen LogP contribution in [-0.2, 0) is 10.0 Å². The Hall–Kier alpha value is -2.30. The predicted octanol–water partition coefficient (Wildman–Crippen LogP) is 1.86. The zero-order chi connectivity index (χ0) is 20.1. The van der Waals surface area contributed by atoms with Gasteiger partial charge in [0.15, 0.2) is 5.65 Å². The molecule has 8 nitrogen and oxygen atoms in total. The molecule has 4 rings (SSSR count). The van der Waals surface area contributed by atoms with E-state index in [1.807, 2.05) is 13.8 Å². The Balaban J connectivity index is 1.53. The highest BCUT2D eigenvalue weighted by atomic mass is 32.2. The van der Waals surface area contributed by atoms with E-state index in [1.54, 1.807) is 40.9 Å². The molecule has 1 aliphatic rings. The Morgan fingerprint density at radius 2 is 1.86 bits per heavy atom. The van der Waals surface area contributed by atoms with Crippen molar-refractivity contribution in [2.45, 2.75) is 25.7 Å². The van der Waals surface area contributed by atoms with Gasteiger partial charge in [0.25, 0.3) is 5.91 Å². The number of amides is 1. The average molecular weight is 420 g/mol. The molecule has 10 heteroatoms. The van der Waals surface area contributed by atoms with Crippen molar-refractivity contribution in [2.24, 2.45) is 0 Å². The normalized spacial score (nSPS) is 16.0. The highest BCUT2D eigenvalue weighted by molar-refractivity contribution is 7.89.